The lowest BCUT2D eigenvalue weighted by molar-refractivity contribution is 0.0706. The van der Waals surface area contributed by atoms with Crippen molar-refractivity contribution in [1.82, 2.24) is 20.1 Å². The summed E-state index contributed by atoms with van der Waals surface area (Å²) in [7, 11) is 0. The van der Waals surface area contributed by atoms with Crippen LogP contribution in [0.15, 0.2) is 54.7 Å². The van der Waals surface area contributed by atoms with Crippen LogP contribution in [0.4, 0.5) is 0 Å². The van der Waals surface area contributed by atoms with E-state index in [0.29, 0.717) is 11.6 Å². The molecule has 2 aromatic heterocycles. The minimum absolute atomic E-state index is 0.0198. The molecule has 1 fully saturated rings. The second-order valence-corrected chi connectivity index (χ2v) is 7.27. The Hall–Kier alpha value is -2.66. The first-order chi connectivity index (χ1) is 13.2. The predicted octanol–water partition coefficient (Wildman–Crippen LogP) is 4.07. The van der Waals surface area contributed by atoms with Gasteiger partial charge < -0.3 is 4.90 Å². The number of rotatable bonds is 4. The Morgan fingerprint density at radius 3 is 2.67 bits per heavy atom. The van der Waals surface area contributed by atoms with Gasteiger partial charge in [-0.25, -0.2) is 0 Å². The number of carbonyl (C=O) groups is 1. The lowest BCUT2D eigenvalue weighted by Crippen LogP contribution is -2.38. The van der Waals surface area contributed by atoms with Crippen LogP contribution in [0.25, 0.3) is 0 Å². The summed E-state index contributed by atoms with van der Waals surface area (Å²) in [6, 6.07) is 15.8. The number of H-pyrrole nitrogens is 1. The van der Waals surface area contributed by atoms with E-state index >= 15 is 0 Å². The predicted molar refractivity (Wildman–Crippen MR) is 105 cm³/mol. The van der Waals surface area contributed by atoms with Crippen molar-refractivity contribution in [3.8, 4) is 0 Å². The summed E-state index contributed by atoms with van der Waals surface area (Å²) in [6.45, 7) is 1.47. The van der Waals surface area contributed by atoms with Crippen LogP contribution in [0.5, 0.6) is 0 Å². The van der Waals surface area contributed by atoms with Gasteiger partial charge in [0.15, 0.2) is 0 Å². The molecule has 1 aromatic carbocycles. The third-order valence-electron chi connectivity index (χ3n) is 5.09. The molecular formula is C21H21ClN4O. The van der Waals surface area contributed by atoms with E-state index in [9.17, 15) is 4.79 Å². The monoisotopic (exact) mass is 380 g/mol. The van der Waals surface area contributed by atoms with Crippen molar-refractivity contribution in [2.24, 2.45) is 0 Å². The van der Waals surface area contributed by atoms with E-state index in [1.54, 1.807) is 12.3 Å². The standard InChI is InChI=1S/C21H21ClN4O/c22-18-6-2-1-4-16(18)14-17-5-3-7-19(24-17)15-9-12-26(13-10-15)21(27)20-8-11-23-25-20/h1-8,11,15H,9-10,12-14H2,(H,23,25). The van der Waals surface area contributed by atoms with E-state index in [4.69, 9.17) is 16.6 Å². The van der Waals surface area contributed by atoms with E-state index in [0.717, 1.165) is 54.3 Å². The largest absolute Gasteiger partial charge is 0.337 e. The summed E-state index contributed by atoms with van der Waals surface area (Å²) in [6.07, 6.45) is 4.17. The molecule has 0 saturated carbocycles. The average molecular weight is 381 g/mol. The van der Waals surface area contributed by atoms with Gasteiger partial charge in [0, 0.05) is 48.0 Å². The van der Waals surface area contributed by atoms with Gasteiger partial charge >= 0.3 is 0 Å². The van der Waals surface area contributed by atoms with Crippen LogP contribution in [0.2, 0.25) is 5.02 Å². The zero-order valence-corrected chi connectivity index (χ0v) is 15.7. The van der Waals surface area contributed by atoms with Gasteiger partial charge in [-0.15, -0.1) is 0 Å². The van der Waals surface area contributed by atoms with Gasteiger partial charge in [0.2, 0.25) is 0 Å². The van der Waals surface area contributed by atoms with Crippen molar-refractivity contribution in [3.63, 3.8) is 0 Å². The summed E-state index contributed by atoms with van der Waals surface area (Å²) in [4.78, 5) is 19.2. The van der Waals surface area contributed by atoms with Crippen LogP contribution < -0.4 is 0 Å². The second kappa shape index (κ2) is 7.92. The van der Waals surface area contributed by atoms with Gasteiger partial charge in [-0.2, -0.15) is 5.10 Å². The maximum Gasteiger partial charge on any atom is 0.271 e. The molecule has 0 unspecified atom stereocenters. The molecule has 0 atom stereocenters. The number of hydrogen-bond acceptors (Lipinski definition) is 3. The first-order valence-corrected chi connectivity index (χ1v) is 9.56. The number of aromatic nitrogens is 3. The van der Waals surface area contributed by atoms with E-state index in [1.807, 2.05) is 35.2 Å². The highest BCUT2D eigenvalue weighted by Crippen LogP contribution is 2.28. The van der Waals surface area contributed by atoms with E-state index < -0.39 is 0 Å². The van der Waals surface area contributed by atoms with Crippen LogP contribution in [0, 0.1) is 0 Å². The number of pyridine rings is 1. The molecule has 27 heavy (non-hydrogen) atoms. The number of benzene rings is 1. The first-order valence-electron chi connectivity index (χ1n) is 9.18. The minimum atomic E-state index is 0.0198. The Morgan fingerprint density at radius 1 is 1.11 bits per heavy atom. The number of likely N-dealkylation sites (tertiary alicyclic amines) is 1. The van der Waals surface area contributed by atoms with Crippen LogP contribution in [0.3, 0.4) is 0 Å². The molecular weight excluding hydrogens is 360 g/mol. The SMILES string of the molecule is O=C(c1ccn[nH]1)N1CCC(c2cccc(Cc3ccccc3Cl)n2)CC1. The summed E-state index contributed by atoms with van der Waals surface area (Å²) in [5.41, 5.74) is 3.77. The first kappa shape index (κ1) is 17.7. The summed E-state index contributed by atoms with van der Waals surface area (Å²) in [5.74, 6) is 0.397. The fourth-order valence-electron chi connectivity index (χ4n) is 3.58. The molecule has 3 aromatic rings. The molecule has 0 bridgehead atoms. The van der Waals surface area contributed by atoms with Crippen LogP contribution in [0.1, 0.15) is 46.2 Å². The molecule has 1 amide bonds. The Bertz CT molecular complexity index is 917. The number of carbonyl (C=O) groups excluding carboxylic acids is 1. The molecule has 1 saturated heterocycles. The van der Waals surface area contributed by atoms with Crippen LogP contribution in [-0.4, -0.2) is 39.1 Å². The molecule has 1 aliphatic heterocycles. The number of aromatic amines is 1. The summed E-state index contributed by atoms with van der Waals surface area (Å²) in [5, 5.41) is 7.38. The van der Waals surface area contributed by atoms with Crippen molar-refractivity contribution in [3.05, 3.63) is 82.4 Å². The van der Waals surface area contributed by atoms with Gasteiger partial charge in [-0.3, -0.25) is 14.9 Å². The number of hydrogen-bond donors (Lipinski definition) is 1. The number of amides is 1. The van der Waals surface area contributed by atoms with Gasteiger partial charge in [-0.1, -0.05) is 35.9 Å². The van der Waals surface area contributed by atoms with Gasteiger partial charge in [0.05, 0.1) is 0 Å². The second-order valence-electron chi connectivity index (χ2n) is 6.86. The Kier molecular flexibility index (Phi) is 5.21. The van der Waals surface area contributed by atoms with Gasteiger partial charge in [-0.05, 0) is 42.7 Å². The van der Waals surface area contributed by atoms with Gasteiger partial charge in [0.1, 0.15) is 5.69 Å². The maximum absolute atomic E-state index is 12.4. The zero-order valence-electron chi connectivity index (χ0n) is 14.9. The van der Waals surface area contributed by atoms with Crippen molar-refractivity contribution in [2.45, 2.75) is 25.2 Å². The Morgan fingerprint density at radius 2 is 1.93 bits per heavy atom. The molecule has 138 valence electrons. The lowest BCUT2D eigenvalue weighted by Gasteiger charge is -2.31. The highest BCUT2D eigenvalue weighted by atomic mass is 35.5. The fourth-order valence-corrected chi connectivity index (χ4v) is 3.79. The normalized spacial score (nSPS) is 15.1. The third-order valence-corrected chi connectivity index (χ3v) is 5.46. The maximum atomic E-state index is 12.4. The van der Waals surface area contributed by atoms with Crippen LogP contribution in [-0.2, 0) is 6.42 Å². The van der Waals surface area contributed by atoms with E-state index in [-0.39, 0.29) is 5.91 Å². The van der Waals surface area contributed by atoms with Crippen molar-refractivity contribution >= 4 is 17.5 Å². The lowest BCUT2D eigenvalue weighted by atomic mass is 9.92. The molecule has 6 heteroatoms. The van der Waals surface area contributed by atoms with E-state index in [1.165, 1.54) is 0 Å². The fraction of sp³-hybridized carbons (Fsp3) is 0.286. The number of piperidine rings is 1. The molecule has 1 N–H and O–H groups in total. The van der Waals surface area contributed by atoms with Crippen molar-refractivity contribution < 1.29 is 4.79 Å². The van der Waals surface area contributed by atoms with Crippen LogP contribution >= 0.6 is 11.6 Å². The highest BCUT2D eigenvalue weighted by Gasteiger charge is 2.26. The summed E-state index contributed by atoms with van der Waals surface area (Å²) < 4.78 is 0. The van der Waals surface area contributed by atoms with Crippen molar-refractivity contribution in [2.75, 3.05) is 13.1 Å². The Labute approximate surface area is 163 Å². The quantitative estimate of drug-likeness (QED) is 0.742. The molecule has 1 aliphatic rings. The number of nitrogens with one attached hydrogen (secondary N) is 1. The summed E-state index contributed by atoms with van der Waals surface area (Å²) >= 11 is 6.28. The smallest absolute Gasteiger partial charge is 0.271 e. The molecule has 0 spiro atoms. The average Bonchev–Trinajstić information content (AvgIpc) is 3.24. The topological polar surface area (TPSA) is 61.9 Å². The number of nitrogens with zero attached hydrogens (tertiary/aromatic N) is 3. The molecule has 5 nitrogen and oxygen atoms in total. The molecule has 4 rings (SSSR count). The zero-order chi connectivity index (χ0) is 18.6. The molecule has 3 heterocycles. The van der Waals surface area contributed by atoms with Crippen molar-refractivity contribution in [1.29, 1.82) is 0 Å². The van der Waals surface area contributed by atoms with Gasteiger partial charge in [0.25, 0.3) is 5.91 Å². The number of halogens is 1. The molecule has 0 radical (unpaired) electrons. The molecule has 0 aliphatic carbocycles. The Balaban J connectivity index is 1.41. The van der Waals surface area contributed by atoms with E-state index in [2.05, 4.69) is 22.3 Å². The third kappa shape index (κ3) is 4.03. The highest BCUT2D eigenvalue weighted by molar-refractivity contribution is 6.31. The minimum Gasteiger partial charge on any atom is -0.337 e.